The summed E-state index contributed by atoms with van der Waals surface area (Å²) in [6.45, 7) is 4.08. The van der Waals surface area contributed by atoms with Crippen LogP contribution >= 0.6 is 0 Å². The Hall–Kier alpha value is -1.10. The van der Waals surface area contributed by atoms with Gasteiger partial charge in [0.25, 0.3) is 0 Å². The van der Waals surface area contributed by atoms with E-state index in [0.717, 1.165) is 45.2 Å². The molecule has 2 amide bonds. The van der Waals surface area contributed by atoms with Gasteiger partial charge in [0, 0.05) is 25.0 Å². The van der Waals surface area contributed by atoms with E-state index < -0.39 is 0 Å². The molecule has 2 unspecified atom stereocenters. The third-order valence-electron chi connectivity index (χ3n) is 4.11. The monoisotopic (exact) mass is 267 g/mol. The van der Waals surface area contributed by atoms with Crippen molar-refractivity contribution < 1.29 is 9.59 Å². The molecule has 0 radical (unpaired) electrons. The normalized spacial score (nSPS) is 28.9. The molecule has 2 rings (SSSR count). The Morgan fingerprint density at radius 1 is 1.37 bits per heavy atom. The number of likely N-dealkylation sites (tertiary alicyclic amines) is 1. The van der Waals surface area contributed by atoms with Crippen LogP contribution in [0.1, 0.15) is 45.4 Å². The van der Waals surface area contributed by atoms with Crippen LogP contribution in [0.5, 0.6) is 0 Å². The number of amides is 2. The maximum Gasteiger partial charge on any atom is 0.239 e. The fraction of sp³-hybridized carbons (Fsp3) is 0.857. The molecule has 0 aromatic heterocycles. The summed E-state index contributed by atoms with van der Waals surface area (Å²) in [5.74, 6) is 0.110. The highest BCUT2D eigenvalue weighted by atomic mass is 16.2. The zero-order valence-corrected chi connectivity index (χ0v) is 11.8. The third-order valence-corrected chi connectivity index (χ3v) is 4.11. The molecule has 2 fully saturated rings. The van der Waals surface area contributed by atoms with Gasteiger partial charge in [-0.05, 0) is 39.2 Å². The Labute approximate surface area is 115 Å². The van der Waals surface area contributed by atoms with E-state index in [-0.39, 0.29) is 24.4 Å². The number of carbonyl (C=O) groups excluding carboxylic acids is 2. The Bertz CT molecular complexity index is 333. The molecule has 0 aliphatic carbocycles. The average Bonchev–Trinajstić information content (AvgIpc) is 2.58. The molecule has 0 bridgehead atoms. The number of rotatable bonds is 3. The molecule has 19 heavy (non-hydrogen) atoms. The SMILES string of the molecule is CC1NCCCC1NC(=O)CN1CCCCCC1=O. The maximum absolute atomic E-state index is 12.1. The second-order valence-electron chi connectivity index (χ2n) is 5.68. The molecular weight excluding hydrogens is 242 g/mol. The summed E-state index contributed by atoms with van der Waals surface area (Å²) in [6, 6.07) is 0.515. The minimum Gasteiger partial charge on any atom is -0.350 e. The highest BCUT2D eigenvalue weighted by molar-refractivity contribution is 5.85. The lowest BCUT2D eigenvalue weighted by atomic mass is 10.00. The minimum atomic E-state index is -0.0178. The third kappa shape index (κ3) is 4.20. The second-order valence-corrected chi connectivity index (χ2v) is 5.68. The molecule has 2 saturated heterocycles. The van der Waals surface area contributed by atoms with Crippen molar-refractivity contribution in [3.05, 3.63) is 0 Å². The second kappa shape index (κ2) is 6.89. The van der Waals surface area contributed by atoms with Crippen molar-refractivity contribution in [3.8, 4) is 0 Å². The van der Waals surface area contributed by atoms with Gasteiger partial charge < -0.3 is 15.5 Å². The lowest BCUT2D eigenvalue weighted by molar-refractivity contribution is -0.135. The van der Waals surface area contributed by atoms with Gasteiger partial charge in [-0.3, -0.25) is 9.59 Å². The summed E-state index contributed by atoms with van der Waals surface area (Å²) in [5, 5.41) is 6.43. The van der Waals surface area contributed by atoms with E-state index >= 15 is 0 Å². The summed E-state index contributed by atoms with van der Waals surface area (Å²) in [6.07, 6.45) is 5.77. The number of hydrogen-bond acceptors (Lipinski definition) is 3. The van der Waals surface area contributed by atoms with Crippen LogP contribution in [-0.2, 0) is 9.59 Å². The topological polar surface area (TPSA) is 61.4 Å². The van der Waals surface area contributed by atoms with Crippen LogP contribution in [0.4, 0.5) is 0 Å². The van der Waals surface area contributed by atoms with Crippen LogP contribution < -0.4 is 10.6 Å². The summed E-state index contributed by atoms with van der Waals surface area (Å²) < 4.78 is 0. The van der Waals surface area contributed by atoms with E-state index in [1.807, 2.05) is 0 Å². The fourth-order valence-electron chi connectivity index (χ4n) is 2.87. The molecule has 0 spiro atoms. The molecule has 108 valence electrons. The van der Waals surface area contributed by atoms with E-state index in [1.54, 1.807) is 4.90 Å². The first-order valence-electron chi connectivity index (χ1n) is 7.47. The lowest BCUT2D eigenvalue weighted by Gasteiger charge is -2.31. The largest absolute Gasteiger partial charge is 0.350 e. The molecule has 2 atom stereocenters. The zero-order valence-electron chi connectivity index (χ0n) is 11.8. The van der Waals surface area contributed by atoms with Crippen LogP contribution in [0, 0.1) is 0 Å². The van der Waals surface area contributed by atoms with E-state index in [9.17, 15) is 9.59 Å². The molecule has 2 aliphatic heterocycles. The van der Waals surface area contributed by atoms with Crippen molar-refractivity contribution in [1.29, 1.82) is 0 Å². The van der Waals surface area contributed by atoms with Crippen molar-refractivity contribution >= 4 is 11.8 Å². The number of carbonyl (C=O) groups is 2. The highest BCUT2D eigenvalue weighted by Gasteiger charge is 2.24. The minimum absolute atomic E-state index is 0.0178. The van der Waals surface area contributed by atoms with Gasteiger partial charge in [-0.2, -0.15) is 0 Å². The Morgan fingerprint density at radius 2 is 2.21 bits per heavy atom. The number of nitrogens with one attached hydrogen (secondary N) is 2. The van der Waals surface area contributed by atoms with Gasteiger partial charge >= 0.3 is 0 Å². The van der Waals surface area contributed by atoms with Gasteiger partial charge in [0.1, 0.15) is 0 Å². The van der Waals surface area contributed by atoms with Crippen LogP contribution in [0.25, 0.3) is 0 Å². The van der Waals surface area contributed by atoms with Gasteiger partial charge in [-0.15, -0.1) is 0 Å². The van der Waals surface area contributed by atoms with Gasteiger partial charge in [-0.1, -0.05) is 6.42 Å². The van der Waals surface area contributed by atoms with E-state index in [2.05, 4.69) is 17.6 Å². The van der Waals surface area contributed by atoms with Crippen molar-refractivity contribution in [2.24, 2.45) is 0 Å². The van der Waals surface area contributed by atoms with Gasteiger partial charge in [-0.25, -0.2) is 0 Å². The summed E-state index contributed by atoms with van der Waals surface area (Å²) in [4.78, 5) is 25.6. The van der Waals surface area contributed by atoms with E-state index in [1.165, 1.54) is 0 Å². The maximum atomic E-state index is 12.1. The first-order valence-corrected chi connectivity index (χ1v) is 7.47. The van der Waals surface area contributed by atoms with Crippen LogP contribution in [0.15, 0.2) is 0 Å². The summed E-state index contributed by atoms with van der Waals surface area (Å²) in [5.41, 5.74) is 0. The Balaban J connectivity index is 1.81. The fourth-order valence-corrected chi connectivity index (χ4v) is 2.87. The molecule has 2 N–H and O–H groups in total. The molecule has 2 aliphatic rings. The summed E-state index contributed by atoms with van der Waals surface area (Å²) in [7, 11) is 0. The smallest absolute Gasteiger partial charge is 0.239 e. The standard InChI is InChI=1S/C14H25N3O2/c1-11-12(6-5-8-15-11)16-13(18)10-17-9-4-2-3-7-14(17)19/h11-12,15H,2-10H2,1H3,(H,16,18). The van der Waals surface area contributed by atoms with Crippen molar-refractivity contribution in [2.75, 3.05) is 19.6 Å². The summed E-state index contributed by atoms with van der Waals surface area (Å²) >= 11 is 0. The van der Waals surface area contributed by atoms with E-state index in [4.69, 9.17) is 0 Å². The zero-order chi connectivity index (χ0) is 13.7. The van der Waals surface area contributed by atoms with Crippen LogP contribution in [-0.4, -0.2) is 48.4 Å². The average molecular weight is 267 g/mol. The van der Waals surface area contributed by atoms with Crippen LogP contribution in [0.3, 0.4) is 0 Å². The lowest BCUT2D eigenvalue weighted by Crippen LogP contribution is -2.54. The van der Waals surface area contributed by atoms with Crippen molar-refractivity contribution in [1.82, 2.24) is 15.5 Å². The molecule has 0 aromatic rings. The predicted octanol–water partition coefficient (Wildman–Crippen LogP) is 0.646. The van der Waals surface area contributed by atoms with Crippen molar-refractivity contribution in [2.45, 2.75) is 57.5 Å². The molecule has 5 nitrogen and oxygen atoms in total. The molecule has 5 heteroatoms. The van der Waals surface area contributed by atoms with Gasteiger partial charge in [0.2, 0.25) is 11.8 Å². The molecule has 0 aromatic carbocycles. The quantitative estimate of drug-likeness (QED) is 0.789. The Kier molecular flexibility index (Phi) is 5.19. The Morgan fingerprint density at radius 3 is 3.00 bits per heavy atom. The first-order chi connectivity index (χ1) is 9.16. The number of nitrogens with zero attached hydrogens (tertiary/aromatic N) is 1. The number of piperidine rings is 1. The highest BCUT2D eigenvalue weighted by Crippen LogP contribution is 2.11. The van der Waals surface area contributed by atoms with Crippen molar-refractivity contribution in [3.63, 3.8) is 0 Å². The predicted molar refractivity (Wildman–Crippen MR) is 73.7 cm³/mol. The molecule has 0 saturated carbocycles. The van der Waals surface area contributed by atoms with Gasteiger partial charge in [0.15, 0.2) is 0 Å². The number of hydrogen-bond donors (Lipinski definition) is 2. The first kappa shape index (κ1) is 14.3. The molecule has 2 heterocycles. The van der Waals surface area contributed by atoms with E-state index in [0.29, 0.717) is 12.5 Å². The molecular formula is C14H25N3O2. The van der Waals surface area contributed by atoms with Crippen LogP contribution in [0.2, 0.25) is 0 Å². The van der Waals surface area contributed by atoms with Gasteiger partial charge in [0.05, 0.1) is 6.54 Å².